The summed E-state index contributed by atoms with van der Waals surface area (Å²) in [5.41, 5.74) is 2.38. The van der Waals surface area contributed by atoms with E-state index >= 15 is 4.39 Å². The maximum atomic E-state index is 15.0. The maximum Gasteiger partial charge on any atom is 0.229 e. The van der Waals surface area contributed by atoms with Crippen LogP contribution in [0.4, 0.5) is 20.5 Å². The van der Waals surface area contributed by atoms with Crippen molar-refractivity contribution in [2.45, 2.75) is 58.9 Å². The van der Waals surface area contributed by atoms with Crippen LogP contribution in [0.2, 0.25) is 0 Å². The Morgan fingerprint density at radius 3 is 2.49 bits per heavy atom. The maximum absolute atomic E-state index is 15.0. The van der Waals surface area contributed by atoms with Gasteiger partial charge in [0.2, 0.25) is 5.95 Å². The molecule has 3 aromatic heterocycles. The lowest BCUT2D eigenvalue weighted by atomic mass is 9.82. The standard InChI is InChI=1S/C31H39F2N7O/c1-19(2)40-21(4)36-30-25(32)15-24(16-27(30)40)29-26(33)18-35-31(38-29)37-28-8-7-23(17-34-28)20(3)22-9-12-39(13-10-22)11-6-14-41-5/h7-8,15-20,22H,6,9-14H2,1-5H3,(H,34,35,37,38)/t20-/m1/s1. The average Bonchev–Trinajstić information content (AvgIpc) is 3.31. The molecular weight excluding hydrogens is 524 g/mol. The number of methoxy groups -OCH3 is 1. The Hall–Kier alpha value is -3.50. The molecule has 1 fully saturated rings. The molecule has 1 aliphatic heterocycles. The van der Waals surface area contributed by atoms with E-state index in [-0.39, 0.29) is 23.2 Å². The van der Waals surface area contributed by atoms with Gasteiger partial charge in [0, 0.05) is 38.1 Å². The van der Waals surface area contributed by atoms with Crippen molar-refractivity contribution >= 4 is 22.8 Å². The first-order chi connectivity index (χ1) is 19.7. The molecule has 1 saturated heterocycles. The molecule has 0 radical (unpaired) electrons. The number of aromatic nitrogens is 5. The Balaban J connectivity index is 1.29. The molecule has 0 spiro atoms. The van der Waals surface area contributed by atoms with Crippen LogP contribution < -0.4 is 5.32 Å². The number of pyridine rings is 1. The van der Waals surface area contributed by atoms with Gasteiger partial charge in [-0.1, -0.05) is 13.0 Å². The second-order valence-corrected chi connectivity index (χ2v) is 11.3. The summed E-state index contributed by atoms with van der Waals surface area (Å²) in [5, 5.41) is 3.07. The molecule has 0 unspecified atom stereocenters. The first kappa shape index (κ1) is 29.0. The number of anilines is 2. The van der Waals surface area contributed by atoms with Gasteiger partial charge in [0.15, 0.2) is 11.6 Å². The van der Waals surface area contributed by atoms with Gasteiger partial charge >= 0.3 is 0 Å². The normalized spacial score (nSPS) is 15.6. The van der Waals surface area contributed by atoms with E-state index in [9.17, 15) is 4.39 Å². The van der Waals surface area contributed by atoms with E-state index in [1.54, 1.807) is 13.2 Å². The number of piperidine rings is 1. The zero-order valence-electron chi connectivity index (χ0n) is 24.5. The molecule has 4 heterocycles. The molecule has 218 valence electrons. The van der Waals surface area contributed by atoms with E-state index in [2.05, 4.69) is 43.1 Å². The van der Waals surface area contributed by atoms with Crippen molar-refractivity contribution in [3.05, 3.63) is 59.7 Å². The van der Waals surface area contributed by atoms with Crippen molar-refractivity contribution in [3.63, 3.8) is 0 Å². The minimum Gasteiger partial charge on any atom is -0.385 e. The summed E-state index contributed by atoms with van der Waals surface area (Å²) in [6.45, 7) is 12.2. The molecule has 1 aliphatic rings. The molecule has 8 nitrogen and oxygen atoms in total. The van der Waals surface area contributed by atoms with Gasteiger partial charge in [-0.25, -0.2) is 28.7 Å². The molecular formula is C31H39F2N7O. The van der Waals surface area contributed by atoms with E-state index < -0.39 is 11.6 Å². The minimum atomic E-state index is -0.636. The zero-order valence-corrected chi connectivity index (χ0v) is 24.5. The quantitative estimate of drug-likeness (QED) is 0.216. The van der Waals surface area contributed by atoms with E-state index in [4.69, 9.17) is 4.74 Å². The van der Waals surface area contributed by atoms with Gasteiger partial charge in [-0.3, -0.25) is 0 Å². The zero-order chi connectivity index (χ0) is 29.1. The van der Waals surface area contributed by atoms with Crippen LogP contribution in [0.3, 0.4) is 0 Å². The highest BCUT2D eigenvalue weighted by atomic mass is 19.1. The number of ether oxygens (including phenoxy) is 1. The molecule has 41 heavy (non-hydrogen) atoms. The largest absolute Gasteiger partial charge is 0.385 e. The second kappa shape index (κ2) is 12.6. The van der Waals surface area contributed by atoms with Gasteiger partial charge in [0.05, 0.1) is 11.7 Å². The summed E-state index contributed by atoms with van der Waals surface area (Å²) >= 11 is 0. The topological polar surface area (TPSA) is 81.0 Å². The molecule has 0 amide bonds. The Morgan fingerprint density at radius 1 is 1.02 bits per heavy atom. The first-order valence-electron chi connectivity index (χ1n) is 14.4. The number of aryl methyl sites for hydroxylation is 1. The number of hydrogen-bond donors (Lipinski definition) is 1. The Kier molecular flexibility index (Phi) is 8.89. The average molecular weight is 564 g/mol. The second-order valence-electron chi connectivity index (χ2n) is 11.3. The van der Waals surface area contributed by atoms with Gasteiger partial charge in [-0.15, -0.1) is 0 Å². The van der Waals surface area contributed by atoms with Crippen LogP contribution >= 0.6 is 0 Å². The molecule has 0 saturated carbocycles. The third kappa shape index (κ3) is 6.38. The van der Waals surface area contributed by atoms with Gasteiger partial charge in [-0.05, 0) is 88.7 Å². The number of halogens is 2. The lowest BCUT2D eigenvalue weighted by Crippen LogP contribution is -2.36. The van der Waals surface area contributed by atoms with Crippen LogP contribution in [0, 0.1) is 24.5 Å². The lowest BCUT2D eigenvalue weighted by Gasteiger charge is -2.35. The van der Waals surface area contributed by atoms with Crippen molar-refractivity contribution in [1.82, 2.24) is 29.4 Å². The monoisotopic (exact) mass is 563 g/mol. The predicted molar refractivity (Wildman–Crippen MR) is 157 cm³/mol. The van der Waals surface area contributed by atoms with Crippen molar-refractivity contribution in [1.29, 1.82) is 0 Å². The Morgan fingerprint density at radius 2 is 1.80 bits per heavy atom. The van der Waals surface area contributed by atoms with Crippen LogP contribution in [-0.2, 0) is 4.74 Å². The summed E-state index contributed by atoms with van der Waals surface area (Å²) in [5.74, 6) is 1.30. The van der Waals surface area contributed by atoms with Crippen LogP contribution in [0.25, 0.3) is 22.3 Å². The van der Waals surface area contributed by atoms with Gasteiger partial charge < -0.3 is 19.5 Å². The summed E-state index contributed by atoms with van der Waals surface area (Å²) in [6.07, 6.45) is 6.40. The van der Waals surface area contributed by atoms with Crippen LogP contribution in [0.5, 0.6) is 0 Å². The van der Waals surface area contributed by atoms with Crippen LogP contribution in [0.1, 0.15) is 63.4 Å². The number of rotatable bonds is 10. The number of nitrogens with one attached hydrogen (secondary N) is 1. The fourth-order valence-electron chi connectivity index (χ4n) is 5.93. The highest BCUT2D eigenvalue weighted by Crippen LogP contribution is 2.33. The summed E-state index contributed by atoms with van der Waals surface area (Å²) in [4.78, 5) is 20.0. The number of likely N-dealkylation sites (tertiary alicyclic amines) is 1. The smallest absolute Gasteiger partial charge is 0.229 e. The molecule has 4 aromatic rings. The molecule has 0 aliphatic carbocycles. The summed E-state index contributed by atoms with van der Waals surface area (Å²) in [7, 11) is 1.75. The molecule has 1 aromatic carbocycles. The van der Waals surface area contributed by atoms with Gasteiger partial charge in [-0.2, -0.15) is 0 Å². The fourth-order valence-corrected chi connectivity index (χ4v) is 5.93. The van der Waals surface area contributed by atoms with Crippen molar-refractivity contribution in [3.8, 4) is 11.3 Å². The molecule has 0 bridgehead atoms. The molecule has 5 rings (SSSR count). The predicted octanol–water partition coefficient (Wildman–Crippen LogP) is 6.65. The van der Waals surface area contributed by atoms with E-state index in [0.29, 0.717) is 34.6 Å². The fraction of sp³-hybridized carbons (Fsp3) is 0.484. The third-order valence-electron chi connectivity index (χ3n) is 8.17. The number of benzene rings is 1. The number of imidazole rings is 1. The Bertz CT molecular complexity index is 1480. The van der Waals surface area contributed by atoms with Crippen molar-refractivity contribution in [2.24, 2.45) is 5.92 Å². The highest BCUT2D eigenvalue weighted by Gasteiger charge is 2.25. The van der Waals surface area contributed by atoms with Gasteiger partial charge in [0.1, 0.15) is 22.9 Å². The van der Waals surface area contributed by atoms with Crippen LogP contribution in [-0.4, -0.2) is 62.8 Å². The van der Waals surface area contributed by atoms with Crippen molar-refractivity contribution < 1.29 is 13.5 Å². The van der Waals surface area contributed by atoms with E-state index in [0.717, 1.165) is 38.9 Å². The molecule has 1 N–H and O–H groups in total. The van der Waals surface area contributed by atoms with Crippen LogP contribution in [0.15, 0.2) is 36.7 Å². The SMILES string of the molecule is COCCCN1CCC([C@@H](C)c2ccc(Nc3ncc(F)c(-c4cc(F)c5nc(C)n(C(C)C)c5c4)n3)nc2)CC1. The molecule has 10 heteroatoms. The summed E-state index contributed by atoms with van der Waals surface area (Å²) < 4.78 is 37.0. The lowest BCUT2D eigenvalue weighted by molar-refractivity contribution is 0.141. The van der Waals surface area contributed by atoms with Crippen molar-refractivity contribution in [2.75, 3.05) is 38.7 Å². The van der Waals surface area contributed by atoms with E-state index in [1.165, 1.54) is 24.5 Å². The Labute approximate surface area is 240 Å². The third-order valence-corrected chi connectivity index (χ3v) is 8.17. The summed E-state index contributed by atoms with van der Waals surface area (Å²) in [6, 6.07) is 7.04. The number of nitrogens with zero attached hydrogens (tertiary/aromatic N) is 6. The first-order valence-corrected chi connectivity index (χ1v) is 14.4. The number of fused-ring (bicyclic) bond motifs is 1. The minimum absolute atomic E-state index is 0.0104. The highest BCUT2D eigenvalue weighted by molar-refractivity contribution is 5.83. The number of hydrogen-bond acceptors (Lipinski definition) is 7. The van der Waals surface area contributed by atoms with E-state index in [1.807, 2.05) is 37.6 Å². The molecule has 1 atom stereocenters. The van der Waals surface area contributed by atoms with Gasteiger partial charge in [0.25, 0.3) is 0 Å².